The summed E-state index contributed by atoms with van der Waals surface area (Å²) in [6.07, 6.45) is -2.97. The van der Waals surface area contributed by atoms with Gasteiger partial charge in [-0.05, 0) is 36.1 Å². The van der Waals surface area contributed by atoms with E-state index < -0.39 is 11.7 Å². The number of thiophene rings is 1. The van der Waals surface area contributed by atoms with E-state index in [0.717, 1.165) is 47.1 Å². The highest BCUT2D eigenvalue weighted by Gasteiger charge is 2.32. The van der Waals surface area contributed by atoms with Crippen LogP contribution in [-0.4, -0.2) is 16.3 Å². The molecule has 0 unspecified atom stereocenters. The number of nitrogens with one attached hydrogen (secondary N) is 1. The Morgan fingerprint density at radius 3 is 2.84 bits per heavy atom. The summed E-state index contributed by atoms with van der Waals surface area (Å²) in [6, 6.07) is 7.29. The number of rotatable bonds is 3. The van der Waals surface area contributed by atoms with Crippen LogP contribution in [0.5, 0.6) is 0 Å². The van der Waals surface area contributed by atoms with Crippen LogP contribution < -0.4 is 5.32 Å². The topological polar surface area (TPSA) is 29.9 Å². The maximum atomic E-state index is 13.1. The molecule has 1 N–H and O–H groups in total. The van der Waals surface area contributed by atoms with E-state index in [-0.39, 0.29) is 10.7 Å². The zero-order valence-electron chi connectivity index (χ0n) is 12.9. The first-order valence-electron chi connectivity index (χ1n) is 7.67. The number of halogens is 4. The van der Waals surface area contributed by atoms with Gasteiger partial charge < -0.3 is 5.32 Å². The van der Waals surface area contributed by atoms with Gasteiger partial charge in [-0.25, -0.2) is 4.68 Å². The van der Waals surface area contributed by atoms with E-state index in [4.69, 9.17) is 11.6 Å². The summed E-state index contributed by atoms with van der Waals surface area (Å²) in [5.41, 5.74) is 1.41. The third kappa shape index (κ3) is 3.02. The predicted molar refractivity (Wildman–Crippen MR) is 92.9 cm³/mol. The number of hydrogen-bond acceptors (Lipinski definition) is 3. The van der Waals surface area contributed by atoms with Crippen molar-refractivity contribution in [3.05, 3.63) is 62.4 Å². The van der Waals surface area contributed by atoms with Crippen molar-refractivity contribution in [1.82, 2.24) is 9.78 Å². The molecular weight excluding hydrogens is 371 g/mol. The monoisotopic (exact) mass is 383 g/mol. The summed E-state index contributed by atoms with van der Waals surface area (Å²) >= 11 is 7.81. The van der Waals surface area contributed by atoms with Crippen molar-refractivity contribution in [3.8, 4) is 5.69 Å². The molecule has 0 amide bonds. The molecule has 0 saturated heterocycles. The number of nitrogens with zero attached hydrogens (tertiary/aromatic N) is 2. The van der Waals surface area contributed by atoms with Gasteiger partial charge in [0.1, 0.15) is 5.82 Å². The molecule has 0 radical (unpaired) electrons. The van der Waals surface area contributed by atoms with Crippen LogP contribution in [0.1, 0.15) is 21.7 Å². The Labute approximate surface area is 151 Å². The highest BCUT2D eigenvalue weighted by atomic mass is 35.5. The molecule has 0 aliphatic carbocycles. The van der Waals surface area contributed by atoms with Crippen LogP contribution in [0, 0.1) is 0 Å². The van der Waals surface area contributed by atoms with E-state index in [2.05, 4.69) is 10.4 Å². The Morgan fingerprint density at radius 2 is 2.12 bits per heavy atom. The summed E-state index contributed by atoms with van der Waals surface area (Å²) in [6.45, 7) is 0.737. The average Bonchev–Trinajstić information content (AvgIpc) is 3.26. The van der Waals surface area contributed by atoms with E-state index in [1.165, 1.54) is 10.7 Å². The predicted octanol–water partition coefficient (Wildman–Crippen LogP) is 5.16. The van der Waals surface area contributed by atoms with Gasteiger partial charge in [0.25, 0.3) is 0 Å². The molecule has 0 fully saturated rings. The molecule has 3 heterocycles. The lowest BCUT2D eigenvalue weighted by atomic mass is 10.1. The number of aromatic nitrogens is 2. The Kier molecular flexibility index (Phi) is 4.00. The van der Waals surface area contributed by atoms with Crippen molar-refractivity contribution in [2.45, 2.75) is 19.0 Å². The average molecular weight is 384 g/mol. The quantitative estimate of drug-likeness (QED) is 0.676. The number of benzene rings is 1. The van der Waals surface area contributed by atoms with Gasteiger partial charge in [-0.3, -0.25) is 0 Å². The minimum atomic E-state index is -4.43. The lowest BCUT2D eigenvalue weighted by Gasteiger charge is -2.12. The molecule has 130 valence electrons. The molecule has 3 nitrogen and oxygen atoms in total. The van der Waals surface area contributed by atoms with Crippen molar-refractivity contribution >= 4 is 28.8 Å². The SMILES string of the molecule is FC(F)(F)c1ccc(Cl)c(-n2nc(Cc3cccs3)c3c2NCC3)c1. The van der Waals surface area contributed by atoms with Gasteiger partial charge in [-0.1, -0.05) is 17.7 Å². The van der Waals surface area contributed by atoms with Crippen LogP contribution in [0.3, 0.4) is 0 Å². The van der Waals surface area contributed by atoms with E-state index in [9.17, 15) is 13.2 Å². The molecule has 0 saturated carbocycles. The van der Waals surface area contributed by atoms with Gasteiger partial charge in [0.2, 0.25) is 0 Å². The second-order valence-corrected chi connectivity index (χ2v) is 7.22. The highest BCUT2D eigenvalue weighted by Crippen LogP contribution is 2.36. The standard InChI is InChI=1S/C17H13ClF3N3S/c18-13-4-3-10(17(19,20)21)8-15(13)24-16-12(5-6-22-16)14(23-24)9-11-2-1-7-25-11/h1-4,7-8,22H,5-6,9H2. The number of hydrogen-bond donors (Lipinski definition) is 1. The normalized spacial score (nSPS) is 13.8. The second-order valence-electron chi connectivity index (χ2n) is 5.78. The smallest absolute Gasteiger partial charge is 0.369 e. The Bertz CT molecular complexity index is 916. The van der Waals surface area contributed by atoms with Crippen molar-refractivity contribution in [1.29, 1.82) is 0 Å². The molecule has 4 rings (SSSR count). The minimum absolute atomic E-state index is 0.231. The summed E-state index contributed by atoms with van der Waals surface area (Å²) in [7, 11) is 0. The fraction of sp³-hybridized carbons (Fsp3) is 0.235. The summed E-state index contributed by atoms with van der Waals surface area (Å²) in [5.74, 6) is 0.729. The van der Waals surface area contributed by atoms with Crippen LogP contribution in [0.15, 0.2) is 35.7 Å². The maximum absolute atomic E-state index is 13.1. The molecule has 3 aromatic rings. The molecule has 25 heavy (non-hydrogen) atoms. The van der Waals surface area contributed by atoms with Crippen molar-refractivity contribution in [2.24, 2.45) is 0 Å². The number of anilines is 1. The van der Waals surface area contributed by atoms with Crippen LogP contribution in [0.4, 0.5) is 19.0 Å². The lowest BCUT2D eigenvalue weighted by molar-refractivity contribution is -0.137. The largest absolute Gasteiger partial charge is 0.416 e. The molecule has 8 heteroatoms. The first-order valence-corrected chi connectivity index (χ1v) is 8.93. The molecule has 2 aromatic heterocycles. The van der Waals surface area contributed by atoms with Crippen molar-refractivity contribution in [3.63, 3.8) is 0 Å². The first kappa shape index (κ1) is 16.5. The Balaban J connectivity index is 1.81. The van der Waals surface area contributed by atoms with Crippen LogP contribution in [0.2, 0.25) is 5.02 Å². The van der Waals surface area contributed by atoms with Gasteiger partial charge in [0.15, 0.2) is 0 Å². The highest BCUT2D eigenvalue weighted by molar-refractivity contribution is 7.09. The van der Waals surface area contributed by atoms with Gasteiger partial charge in [0, 0.05) is 23.4 Å². The Hall–Kier alpha value is -1.99. The number of fused-ring (bicyclic) bond motifs is 1. The lowest BCUT2D eigenvalue weighted by Crippen LogP contribution is -2.09. The van der Waals surface area contributed by atoms with E-state index in [0.29, 0.717) is 6.42 Å². The van der Waals surface area contributed by atoms with Gasteiger partial charge in [0.05, 0.1) is 22.0 Å². The fourth-order valence-electron chi connectivity index (χ4n) is 2.99. The van der Waals surface area contributed by atoms with E-state index in [1.807, 2.05) is 17.5 Å². The van der Waals surface area contributed by atoms with Crippen LogP contribution >= 0.6 is 22.9 Å². The Morgan fingerprint density at radius 1 is 1.28 bits per heavy atom. The molecule has 1 aliphatic rings. The summed E-state index contributed by atoms with van der Waals surface area (Å²) in [4.78, 5) is 1.16. The molecule has 1 aliphatic heterocycles. The third-order valence-corrected chi connectivity index (χ3v) is 5.35. The third-order valence-electron chi connectivity index (χ3n) is 4.16. The molecular formula is C17H13ClF3N3S. The van der Waals surface area contributed by atoms with Crippen molar-refractivity contribution < 1.29 is 13.2 Å². The van der Waals surface area contributed by atoms with Gasteiger partial charge in [-0.2, -0.15) is 18.3 Å². The second kappa shape index (κ2) is 6.07. The zero-order chi connectivity index (χ0) is 17.6. The molecule has 1 aromatic carbocycles. The van der Waals surface area contributed by atoms with E-state index >= 15 is 0 Å². The molecule has 0 spiro atoms. The molecule has 0 bridgehead atoms. The number of alkyl halides is 3. The molecule has 0 atom stereocenters. The zero-order valence-corrected chi connectivity index (χ0v) is 14.5. The minimum Gasteiger partial charge on any atom is -0.369 e. The maximum Gasteiger partial charge on any atom is 0.416 e. The van der Waals surface area contributed by atoms with Crippen LogP contribution in [-0.2, 0) is 19.0 Å². The van der Waals surface area contributed by atoms with Crippen molar-refractivity contribution in [2.75, 3.05) is 11.9 Å². The fourth-order valence-corrected chi connectivity index (χ4v) is 3.90. The van der Waals surface area contributed by atoms with Crippen LogP contribution in [0.25, 0.3) is 5.69 Å². The first-order chi connectivity index (χ1) is 11.9. The summed E-state index contributed by atoms with van der Waals surface area (Å²) in [5, 5.41) is 10.0. The van der Waals surface area contributed by atoms with Gasteiger partial charge >= 0.3 is 6.18 Å². The van der Waals surface area contributed by atoms with E-state index in [1.54, 1.807) is 11.3 Å². The van der Waals surface area contributed by atoms with Gasteiger partial charge in [-0.15, -0.1) is 11.3 Å². The summed E-state index contributed by atoms with van der Waals surface area (Å²) < 4.78 is 40.7.